The summed E-state index contributed by atoms with van der Waals surface area (Å²) in [7, 11) is -2.62. The summed E-state index contributed by atoms with van der Waals surface area (Å²) in [6, 6.07) is 0. The average molecular weight is 312 g/mol. The fourth-order valence-corrected chi connectivity index (χ4v) is 4.21. The normalized spacial score (nSPS) is 18.7. The van der Waals surface area contributed by atoms with Gasteiger partial charge in [-0.25, -0.2) is 17.2 Å². The lowest BCUT2D eigenvalue weighted by atomic mass is 9.89. The Morgan fingerprint density at radius 3 is 2.35 bits per heavy atom. The van der Waals surface area contributed by atoms with Crippen molar-refractivity contribution in [3.8, 4) is 0 Å². The van der Waals surface area contributed by atoms with Gasteiger partial charge in [-0.3, -0.25) is 4.79 Å². The first-order valence-electron chi connectivity index (χ1n) is 6.72. The topological polar surface area (TPSA) is 66.5 Å². The molecule has 1 N–H and O–H groups in total. The van der Waals surface area contributed by atoms with Gasteiger partial charge in [0, 0.05) is 19.0 Å². The maximum absolute atomic E-state index is 13.2. The second-order valence-corrected chi connectivity index (χ2v) is 7.41. The first-order valence-corrected chi connectivity index (χ1v) is 8.33. The molecule has 0 aliphatic heterocycles. The Morgan fingerprint density at radius 1 is 1.35 bits per heavy atom. The third-order valence-corrected chi connectivity index (χ3v) is 5.77. The van der Waals surface area contributed by atoms with E-state index in [1.807, 2.05) is 0 Å². The zero-order valence-corrected chi connectivity index (χ0v) is 12.7. The Kier molecular flexibility index (Phi) is 5.88. The molecular formula is C12H22F2N2O3S. The lowest BCUT2D eigenvalue weighted by Crippen LogP contribution is -2.44. The smallest absolute Gasteiger partial charge is 0.245 e. The van der Waals surface area contributed by atoms with Gasteiger partial charge in [-0.1, -0.05) is 12.8 Å². The second kappa shape index (κ2) is 6.80. The Balaban J connectivity index is 2.75. The third kappa shape index (κ3) is 4.12. The Bertz CT molecular complexity index is 434. The maximum Gasteiger partial charge on any atom is 0.245 e. The molecule has 1 aliphatic carbocycles. The Labute approximate surface area is 118 Å². The quantitative estimate of drug-likeness (QED) is 0.768. The number of carbonyl (C=O) groups is 1. The molecule has 0 unspecified atom stereocenters. The number of carbonyl (C=O) groups excluding carboxylic acids is 1. The van der Waals surface area contributed by atoms with Gasteiger partial charge in [0.05, 0.1) is 12.3 Å². The summed E-state index contributed by atoms with van der Waals surface area (Å²) in [6.07, 6.45) is -0.963. The van der Waals surface area contributed by atoms with E-state index in [0.29, 0.717) is 19.4 Å². The number of halogens is 2. The minimum atomic E-state index is -3.87. The van der Waals surface area contributed by atoms with E-state index in [1.165, 1.54) is 7.05 Å². The van der Waals surface area contributed by atoms with E-state index in [0.717, 1.165) is 4.31 Å². The average Bonchev–Trinajstić information content (AvgIpc) is 2.78. The number of hydrogen-bond donors (Lipinski definition) is 1. The van der Waals surface area contributed by atoms with Crippen LogP contribution < -0.4 is 5.32 Å². The van der Waals surface area contributed by atoms with Crippen LogP contribution in [0.3, 0.4) is 0 Å². The van der Waals surface area contributed by atoms with E-state index in [1.54, 1.807) is 6.92 Å². The fraction of sp³-hybridized carbons (Fsp3) is 0.917. The predicted octanol–water partition coefficient (Wildman–Crippen LogP) is 1.21. The number of nitrogens with one attached hydrogen (secondary N) is 1. The largest absolute Gasteiger partial charge is 0.355 e. The minimum absolute atomic E-state index is 0.221. The van der Waals surface area contributed by atoms with Crippen molar-refractivity contribution in [2.24, 2.45) is 5.41 Å². The first kappa shape index (κ1) is 17.3. The molecule has 20 heavy (non-hydrogen) atoms. The third-order valence-electron chi connectivity index (χ3n) is 3.75. The van der Waals surface area contributed by atoms with Gasteiger partial charge in [-0.15, -0.1) is 0 Å². The number of sulfonamides is 1. The van der Waals surface area contributed by atoms with E-state index in [4.69, 9.17) is 0 Å². The molecule has 1 rings (SSSR count). The molecule has 0 aromatic rings. The zero-order valence-electron chi connectivity index (χ0n) is 11.9. The summed E-state index contributed by atoms with van der Waals surface area (Å²) in [5.41, 5.74) is -1.45. The minimum Gasteiger partial charge on any atom is -0.355 e. The van der Waals surface area contributed by atoms with Crippen LogP contribution in [0.15, 0.2) is 0 Å². The van der Waals surface area contributed by atoms with Gasteiger partial charge in [0.2, 0.25) is 22.4 Å². The van der Waals surface area contributed by atoms with Crippen molar-refractivity contribution in [1.82, 2.24) is 9.62 Å². The van der Waals surface area contributed by atoms with Gasteiger partial charge in [-0.05, 0) is 19.8 Å². The van der Waals surface area contributed by atoms with Crippen molar-refractivity contribution < 1.29 is 22.0 Å². The summed E-state index contributed by atoms with van der Waals surface area (Å²) >= 11 is 0. The van der Waals surface area contributed by atoms with Gasteiger partial charge >= 0.3 is 0 Å². The van der Waals surface area contributed by atoms with Gasteiger partial charge in [0.15, 0.2) is 0 Å². The molecule has 8 heteroatoms. The number of likely N-dealkylation sites (N-methyl/N-ethyl adjacent to an activating group) is 2. The van der Waals surface area contributed by atoms with E-state index >= 15 is 0 Å². The molecule has 0 bridgehead atoms. The van der Waals surface area contributed by atoms with Crippen LogP contribution in [0.4, 0.5) is 8.78 Å². The van der Waals surface area contributed by atoms with Crippen molar-refractivity contribution in [3.05, 3.63) is 0 Å². The van der Waals surface area contributed by atoms with E-state index in [9.17, 15) is 22.0 Å². The molecular weight excluding hydrogens is 290 g/mol. The van der Waals surface area contributed by atoms with Crippen LogP contribution in [0.25, 0.3) is 0 Å². The summed E-state index contributed by atoms with van der Waals surface area (Å²) in [4.78, 5) is 11.4. The van der Waals surface area contributed by atoms with Crippen molar-refractivity contribution in [2.75, 3.05) is 25.9 Å². The van der Waals surface area contributed by atoms with E-state index in [-0.39, 0.29) is 19.4 Å². The molecule has 118 valence electrons. The summed E-state index contributed by atoms with van der Waals surface area (Å²) < 4.78 is 51.6. The van der Waals surface area contributed by atoms with Crippen molar-refractivity contribution in [2.45, 2.75) is 39.0 Å². The fourth-order valence-electron chi connectivity index (χ4n) is 2.53. The molecule has 0 heterocycles. The zero-order chi connectivity index (χ0) is 15.4. The molecule has 0 spiro atoms. The molecule has 1 aliphatic rings. The monoisotopic (exact) mass is 312 g/mol. The predicted molar refractivity (Wildman–Crippen MR) is 72.0 cm³/mol. The SMILES string of the molecule is CCNC(=O)CN(C)S(=O)(=O)CC1(C(F)F)CCCC1. The molecule has 0 aromatic heterocycles. The first-order chi connectivity index (χ1) is 9.23. The van der Waals surface area contributed by atoms with Gasteiger partial charge in [0.25, 0.3) is 0 Å². The number of nitrogens with zero attached hydrogens (tertiary/aromatic N) is 1. The van der Waals surface area contributed by atoms with Crippen LogP contribution in [0.2, 0.25) is 0 Å². The number of rotatable bonds is 7. The van der Waals surface area contributed by atoms with Crippen molar-refractivity contribution in [3.63, 3.8) is 0 Å². The maximum atomic E-state index is 13.2. The summed E-state index contributed by atoms with van der Waals surface area (Å²) in [6.45, 7) is 1.78. The second-order valence-electron chi connectivity index (χ2n) is 5.34. The highest BCUT2D eigenvalue weighted by molar-refractivity contribution is 7.89. The van der Waals surface area contributed by atoms with Gasteiger partial charge in [-0.2, -0.15) is 4.31 Å². The standard InChI is InChI=1S/C12H22F2N2O3S/c1-3-15-10(17)8-16(2)20(18,19)9-12(11(13)14)6-4-5-7-12/h11H,3-9H2,1-2H3,(H,15,17). The van der Waals surface area contributed by atoms with Crippen molar-refractivity contribution in [1.29, 1.82) is 0 Å². The molecule has 1 amide bonds. The summed E-state index contributed by atoms with van der Waals surface area (Å²) in [5.74, 6) is -1.02. The van der Waals surface area contributed by atoms with Crippen LogP contribution in [-0.2, 0) is 14.8 Å². The van der Waals surface area contributed by atoms with E-state index in [2.05, 4.69) is 5.32 Å². The lowest BCUT2D eigenvalue weighted by Gasteiger charge is -2.29. The van der Waals surface area contributed by atoms with Crippen LogP contribution in [-0.4, -0.2) is 50.9 Å². The van der Waals surface area contributed by atoms with Gasteiger partial charge in [0.1, 0.15) is 0 Å². The molecule has 1 fully saturated rings. The Morgan fingerprint density at radius 2 is 1.90 bits per heavy atom. The van der Waals surface area contributed by atoms with Crippen LogP contribution in [0.1, 0.15) is 32.6 Å². The highest BCUT2D eigenvalue weighted by atomic mass is 32.2. The molecule has 0 aromatic carbocycles. The van der Waals surface area contributed by atoms with E-state index < -0.39 is 33.5 Å². The highest BCUT2D eigenvalue weighted by Crippen LogP contribution is 2.44. The van der Waals surface area contributed by atoms with Crippen molar-refractivity contribution >= 4 is 15.9 Å². The lowest BCUT2D eigenvalue weighted by molar-refractivity contribution is -0.121. The summed E-state index contributed by atoms with van der Waals surface area (Å²) in [5, 5.41) is 2.48. The number of alkyl halides is 2. The molecule has 5 nitrogen and oxygen atoms in total. The molecule has 1 saturated carbocycles. The Hall–Kier alpha value is -0.760. The number of hydrogen-bond acceptors (Lipinski definition) is 3. The van der Waals surface area contributed by atoms with Crippen LogP contribution >= 0.6 is 0 Å². The molecule has 0 saturated heterocycles. The number of amides is 1. The molecule has 0 atom stereocenters. The van der Waals surface area contributed by atoms with Gasteiger partial charge < -0.3 is 5.32 Å². The highest BCUT2D eigenvalue weighted by Gasteiger charge is 2.46. The molecule has 0 radical (unpaired) electrons. The van der Waals surface area contributed by atoms with Crippen LogP contribution in [0, 0.1) is 5.41 Å². The van der Waals surface area contributed by atoms with Crippen LogP contribution in [0.5, 0.6) is 0 Å².